The summed E-state index contributed by atoms with van der Waals surface area (Å²) < 4.78 is 27.0. The Morgan fingerprint density at radius 3 is 2.60 bits per heavy atom. The Morgan fingerprint density at radius 2 is 1.90 bits per heavy atom. The molecule has 9 heteroatoms. The highest BCUT2D eigenvalue weighted by molar-refractivity contribution is 5.67. The predicted molar refractivity (Wildman–Crippen MR) is 113 cm³/mol. The third kappa shape index (κ3) is 4.20. The molecule has 1 aromatic carbocycles. The van der Waals surface area contributed by atoms with Crippen molar-refractivity contribution >= 4 is 17.6 Å². The first-order chi connectivity index (χ1) is 14.4. The quantitative estimate of drug-likeness (QED) is 0.688. The lowest BCUT2D eigenvalue weighted by Crippen LogP contribution is -2.46. The van der Waals surface area contributed by atoms with Crippen molar-refractivity contribution in [3.63, 3.8) is 0 Å². The average molecular weight is 412 g/mol. The second-order valence-corrected chi connectivity index (χ2v) is 7.41. The molecule has 2 aromatic heterocycles. The van der Waals surface area contributed by atoms with Crippen molar-refractivity contribution < 1.29 is 13.9 Å². The normalized spacial score (nSPS) is 19.0. The fourth-order valence-electron chi connectivity index (χ4n) is 3.65. The van der Waals surface area contributed by atoms with Gasteiger partial charge in [-0.1, -0.05) is 0 Å². The maximum Gasteiger partial charge on any atom is 0.227 e. The number of anilines is 3. The molecule has 3 aromatic rings. The largest absolute Gasteiger partial charge is 0.497 e. The van der Waals surface area contributed by atoms with Crippen LogP contribution < -0.4 is 15.0 Å². The lowest BCUT2D eigenvalue weighted by Gasteiger charge is -2.35. The van der Waals surface area contributed by atoms with Gasteiger partial charge in [-0.2, -0.15) is 10.1 Å². The summed E-state index contributed by atoms with van der Waals surface area (Å²) in [6.45, 7) is 5.55. The molecule has 0 radical (unpaired) electrons. The molecule has 1 aliphatic rings. The molecule has 0 saturated carbocycles. The second kappa shape index (κ2) is 8.27. The fraction of sp³-hybridized carbons (Fsp3) is 0.381. The molecular formula is C21H25FN6O2. The van der Waals surface area contributed by atoms with E-state index in [2.05, 4.69) is 25.3 Å². The molecule has 0 amide bonds. The first kappa shape index (κ1) is 20.1. The Balaban J connectivity index is 1.55. The van der Waals surface area contributed by atoms with Gasteiger partial charge in [0.2, 0.25) is 5.95 Å². The minimum Gasteiger partial charge on any atom is -0.497 e. The van der Waals surface area contributed by atoms with E-state index in [0.717, 1.165) is 13.1 Å². The van der Waals surface area contributed by atoms with E-state index in [1.165, 1.54) is 13.2 Å². The number of aryl methyl sites for hydroxylation is 1. The van der Waals surface area contributed by atoms with Gasteiger partial charge in [0, 0.05) is 44.0 Å². The molecule has 30 heavy (non-hydrogen) atoms. The van der Waals surface area contributed by atoms with Crippen LogP contribution in [-0.4, -0.2) is 52.2 Å². The zero-order valence-electron chi connectivity index (χ0n) is 17.5. The summed E-state index contributed by atoms with van der Waals surface area (Å²) >= 11 is 0. The molecule has 1 N–H and O–H groups in total. The molecule has 1 fully saturated rings. The molecular weight excluding hydrogens is 387 g/mol. The zero-order chi connectivity index (χ0) is 21.3. The van der Waals surface area contributed by atoms with Crippen molar-refractivity contribution in [1.29, 1.82) is 0 Å². The number of nitrogens with one attached hydrogen (secondary N) is 1. The van der Waals surface area contributed by atoms with E-state index in [1.54, 1.807) is 42.2 Å². The van der Waals surface area contributed by atoms with Gasteiger partial charge in [0.05, 0.1) is 25.0 Å². The molecule has 0 unspecified atom stereocenters. The Hall–Kier alpha value is -3.20. The number of ether oxygens (including phenoxy) is 2. The minimum atomic E-state index is -0.372. The van der Waals surface area contributed by atoms with Crippen LogP contribution in [0.3, 0.4) is 0 Å². The van der Waals surface area contributed by atoms with Crippen molar-refractivity contribution in [2.75, 3.05) is 30.4 Å². The summed E-state index contributed by atoms with van der Waals surface area (Å²) in [5.41, 5.74) is 1.08. The van der Waals surface area contributed by atoms with E-state index in [1.807, 2.05) is 13.8 Å². The molecule has 8 nitrogen and oxygen atoms in total. The van der Waals surface area contributed by atoms with E-state index in [-0.39, 0.29) is 18.0 Å². The highest BCUT2D eigenvalue weighted by atomic mass is 19.1. The summed E-state index contributed by atoms with van der Waals surface area (Å²) in [6.07, 6.45) is 1.95. The van der Waals surface area contributed by atoms with Gasteiger partial charge in [0.15, 0.2) is 5.82 Å². The van der Waals surface area contributed by atoms with Crippen molar-refractivity contribution in [2.45, 2.75) is 26.1 Å². The third-order valence-electron chi connectivity index (χ3n) is 4.93. The SMILES string of the molecule is COc1ccc(-c2cc(Nc3ccnc(N4C[C@@H](C)O[C@@H](C)C4)n3)nn2C)c(F)c1. The predicted octanol–water partition coefficient (Wildman–Crippen LogP) is 3.38. The molecule has 158 valence electrons. The third-order valence-corrected chi connectivity index (χ3v) is 4.93. The fourth-order valence-corrected chi connectivity index (χ4v) is 3.65. The van der Waals surface area contributed by atoms with Gasteiger partial charge in [-0.25, -0.2) is 9.37 Å². The second-order valence-electron chi connectivity index (χ2n) is 7.41. The van der Waals surface area contributed by atoms with Crippen LogP contribution in [0.25, 0.3) is 11.3 Å². The standard InChI is InChI=1S/C21H25FN6O2/c1-13-11-28(12-14(2)30-13)21-23-8-7-19(25-21)24-20-10-18(27(3)26-20)16-6-5-15(29-4)9-17(16)22/h5-10,13-14H,11-12H2,1-4H3,(H,23,24,25,26)/t13-,14+. The molecule has 2 atom stereocenters. The Bertz CT molecular complexity index is 1030. The smallest absolute Gasteiger partial charge is 0.227 e. The van der Waals surface area contributed by atoms with Crippen LogP contribution in [0, 0.1) is 5.82 Å². The summed E-state index contributed by atoms with van der Waals surface area (Å²) in [5, 5.41) is 7.64. The van der Waals surface area contributed by atoms with Crippen LogP contribution in [0.4, 0.5) is 22.0 Å². The number of halogens is 1. The molecule has 1 aliphatic heterocycles. The lowest BCUT2D eigenvalue weighted by atomic mass is 10.1. The van der Waals surface area contributed by atoms with Crippen molar-refractivity contribution in [2.24, 2.45) is 7.05 Å². The first-order valence-electron chi connectivity index (χ1n) is 9.81. The van der Waals surface area contributed by atoms with E-state index >= 15 is 0 Å². The van der Waals surface area contributed by atoms with Crippen LogP contribution in [0.2, 0.25) is 0 Å². The lowest BCUT2D eigenvalue weighted by molar-refractivity contribution is -0.00571. The van der Waals surface area contributed by atoms with Crippen molar-refractivity contribution in [3.05, 3.63) is 42.3 Å². The van der Waals surface area contributed by atoms with Gasteiger partial charge >= 0.3 is 0 Å². The number of aromatic nitrogens is 4. The number of morpholine rings is 1. The Kier molecular flexibility index (Phi) is 5.54. The Labute approximate surface area is 174 Å². The zero-order valence-corrected chi connectivity index (χ0v) is 17.5. The van der Waals surface area contributed by atoms with Gasteiger partial charge in [-0.15, -0.1) is 0 Å². The molecule has 1 saturated heterocycles. The number of methoxy groups -OCH3 is 1. The highest BCUT2D eigenvalue weighted by Crippen LogP contribution is 2.28. The van der Waals surface area contributed by atoms with E-state index < -0.39 is 0 Å². The maximum atomic E-state index is 14.5. The summed E-state index contributed by atoms with van der Waals surface area (Å²) in [6, 6.07) is 8.32. The van der Waals surface area contributed by atoms with Crippen LogP contribution in [0.5, 0.6) is 5.75 Å². The maximum absolute atomic E-state index is 14.5. The molecule has 0 spiro atoms. The average Bonchev–Trinajstić information content (AvgIpc) is 3.07. The number of hydrogen-bond donors (Lipinski definition) is 1. The van der Waals surface area contributed by atoms with Gasteiger partial charge in [-0.3, -0.25) is 4.68 Å². The summed E-state index contributed by atoms with van der Waals surface area (Å²) in [5.74, 6) is 1.92. The van der Waals surface area contributed by atoms with Gasteiger partial charge in [0.1, 0.15) is 17.4 Å². The number of hydrogen-bond acceptors (Lipinski definition) is 7. The minimum absolute atomic E-state index is 0.117. The van der Waals surface area contributed by atoms with Crippen LogP contribution >= 0.6 is 0 Å². The van der Waals surface area contributed by atoms with Crippen molar-refractivity contribution in [1.82, 2.24) is 19.7 Å². The Morgan fingerprint density at radius 1 is 1.13 bits per heavy atom. The first-order valence-corrected chi connectivity index (χ1v) is 9.81. The van der Waals surface area contributed by atoms with Gasteiger partial charge < -0.3 is 19.7 Å². The van der Waals surface area contributed by atoms with E-state index in [9.17, 15) is 4.39 Å². The number of nitrogens with zero attached hydrogens (tertiary/aromatic N) is 5. The molecule has 3 heterocycles. The molecule has 4 rings (SSSR count). The van der Waals surface area contributed by atoms with Gasteiger partial charge in [-0.05, 0) is 32.0 Å². The molecule has 0 bridgehead atoms. The van der Waals surface area contributed by atoms with E-state index in [4.69, 9.17) is 9.47 Å². The van der Waals surface area contributed by atoms with Crippen LogP contribution in [0.15, 0.2) is 36.5 Å². The van der Waals surface area contributed by atoms with Crippen molar-refractivity contribution in [3.8, 4) is 17.0 Å². The monoisotopic (exact) mass is 412 g/mol. The summed E-state index contributed by atoms with van der Waals surface area (Å²) in [4.78, 5) is 11.1. The number of rotatable bonds is 5. The summed E-state index contributed by atoms with van der Waals surface area (Å²) in [7, 11) is 3.28. The van der Waals surface area contributed by atoms with E-state index in [0.29, 0.717) is 34.6 Å². The van der Waals surface area contributed by atoms with Crippen LogP contribution in [-0.2, 0) is 11.8 Å². The van der Waals surface area contributed by atoms with Gasteiger partial charge in [0.25, 0.3) is 0 Å². The topological polar surface area (TPSA) is 77.3 Å². The number of benzene rings is 1. The highest BCUT2D eigenvalue weighted by Gasteiger charge is 2.24. The van der Waals surface area contributed by atoms with Crippen LogP contribution in [0.1, 0.15) is 13.8 Å². The molecule has 0 aliphatic carbocycles.